The third kappa shape index (κ3) is 3.00. The Morgan fingerprint density at radius 2 is 1.94 bits per heavy atom. The second-order valence-corrected chi connectivity index (χ2v) is 3.77. The van der Waals surface area contributed by atoms with Gasteiger partial charge in [-0.05, 0) is 17.7 Å². The van der Waals surface area contributed by atoms with Gasteiger partial charge < -0.3 is 14.6 Å². The number of non-ortho nitro benzene ring substituents is 1. The first-order valence-corrected chi connectivity index (χ1v) is 5.32. The fraction of sp³-hybridized carbons (Fsp3) is 0.455. The zero-order valence-electron chi connectivity index (χ0n) is 9.11. The monoisotopic (exact) mass is 239 g/mol. The molecule has 1 aromatic carbocycles. The molecule has 1 atom stereocenters. The molecule has 0 spiro atoms. The van der Waals surface area contributed by atoms with Crippen LogP contribution in [0.1, 0.15) is 18.1 Å². The molecule has 0 bridgehead atoms. The minimum Gasteiger partial charge on any atom is -0.388 e. The number of hydrogen-bond donors (Lipinski definition) is 1. The lowest BCUT2D eigenvalue weighted by molar-refractivity contribution is -0.384. The van der Waals surface area contributed by atoms with E-state index in [1.165, 1.54) is 24.3 Å². The molecule has 0 radical (unpaired) electrons. The highest BCUT2D eigenvalue weighted by Crippen LogP contribution is 2.23. The molecule has 0 aromatic heterocycles. The minimum absolute atomic E-state index is 0.00863. The zero-order chi connectivity index (χ0) is 12.3. The lowest BCUT2D eigenvalue weighted by Crippen LogP contribution is -2.13. The minimum atomic E-state index is -0.737. The maximum atomic E-state index is 10.5. The average molecular weight is 239 g/mol. The highest BCUT2D eigenvalue weighted by molar-refractivity contribution is 5.33. The van der Waals surface area contributed by atoms with Crippen molar-refractivity contribution in [3.05, 3.63) is 39.9 Å². The van der Waals surface area contributed by atoms with Crippen LogP contribution in [0.15, 0.2) is 24.3 Å². The average Bonchev–Trinajstić information content (AvgIpc) is 2.82. The van der Waals surface area contributed by atoms with Crippen molar-refractivity contribution in [3.63, 3.8) is 0 Å². The highest BCUT2D eigenvalue weighted by Gasteiger charge is 2.21. The first-order chi connectivity index (χ1) is 8.16. The first-order valence-electron chi connectivity index (χ1n) is 5.32. The van der Waals surface area contributed by atoms with Crippen LogP contribution in [0.3, 0.4) is 0 Å². The molecular formula is C11H13NO5. The van der Waals surface area contributed by atoms with E-state index in [1.54, 1.807) is 0 Å². The van der Waals surface area contributed by atoms with E-state index in [9.17, 15) is 15.2 Å². The van der Waals surface area contributed by atoms with Crippen molar-refractivity contribution >= 4 is 5.69 Å². The molecular weight excluding hydrogens is 226 g/mol. The molecule has 1 saturated heterocycles. The van der Waals surface area contributed by atoms with Crippen molar-refractivity contribution in [2.75, 3.05) is 13.2 Å². The van der Waals surface area contributed by atoms with Gasteiger partial charge in [-0.3, -0.25) is 10.1 Å². The first kappa shape index (κ1) is 12.0. The van der Waals surface area contributed by atoms with E-state index in [-0.39, 0.29) is 12.0 Å². The molecule has 1 aromatic rings. The van der Waals surface area contributed by atoms with Gasteiger partial charge in [0.15, 0.2) is 6.29 Å². The largest absolute Gasteiger partial charge is 0.388 e. The summed E-state index contributed by atoms with van der Waals surface area (Å²) in [6.45, 7) is 1.08. The molecule has 1 unspecified atom stereocenters. The molecule has 92 valence electrons. The van der Waals surface area contributed by atoms with Gasteiger partial charge in [0.2, 0.25) is 0 Å². The van der Waals surface area contributed by atoms with Crippen LogP contribution >= 0.6 is 0 Å². The van der Waals surface area contributed by atoms with Gasteiger partial charge in [-0.2, -0.15) is 0 Å². The summed E-state index contributed by atoms with van der Waals surface area (Å²) in [4.78, 5) is 9.99. The van der Waals surface area contributed by atoms with Crippen LogP contribution in [0, 0.1) is 10.1 Å². The standard InChI is InChI=1S/C11H13NO5/c13-10(7-11-16-5-6-17-11)8-1-3-9(4-2-8)12(14)15/h1-4,10-11,13H,5-7H2. The van der Waals surface area contributed by atoms with E-state index in [4.69, 9.17) is 9.47 Å². The number of aliphatic hydroxyl groups excluding tert-OH is 1. The van der Waals surface area contributed by atoms with Crippen molar-refractivity contribution in [2.45, 2.75) is 18.8 Å². The molecule has 6 heteroatoms. The Morgan fingerprint density at radius 1 is 1.35 bits per heavy atom. The number of ether oxygens (including phenoxy) is 2. The van der Waals surface area contributed by atoms with Gasteiger partial charge in [0, 0.05) is 18.6 Å². The summed E-state index contributed by atoms with van der Waals surface area (Å²) in [5, 5.41) is 20.3. The van der Waals surface area contributed by atoms with E-state index in [0.29, 0.717) is 25.2 Å². The summed E-state index contributed by atoms with van der Waals surface area (Å²) in [6.07, 6.45) is -0.795. The number of aliphatic hydroxyl groups is 1. The Balaban J connectivity index is 1.98. The molecule has 17 heavy (non-hydrogen) atoms. The van der Waals surface area contributed by atoms with Gasteiger partial charge in [-0.1, -0.05) is 0 Å². The Labute approximate surface area is 97.9 Å². The van der Waals surface area contributed by atoms with E-state index < -0.39 is 11.0 Å². The van der Waals surface area contributed by atoms with E-state index >= 15 is 0 Å². The fourth-order valence-electron chi connectivity index (χ4n) is 1.68. The molecule has 6 nitrogen and oxygen atoms in total. The zero-order valence-corrected chi connectivity index (χ0v) is 9.11. The molecule has 2 rings (SSSR count). The van der Waals surface area contributed by atoms with Gasteiger partial charge in [0.1, 0.15) is 0 Å². The molecule has 1 fully saturated rings. The van der Waals surface area contributed by atoms with Crippen LogP contribution in [0.4, 0.5) is 5.69 Å². The van der Waals surface area contributed by atoms with Gasteiger partial charge in [0.25, 0.3) is 5.69 Å². The molecule has 0 aliphatic carbocycles. The van der Waals surface area contributed by atoms with E-state index in [1.807, 2.05) is 0 Å². The van der Waals surface area contributed by atoms with Crippen LogP contribution in [-0.2, 0) is 9.47 Å². The van der Waals surface area contributed by atoms with Crippen LogP contribution in [0.2, 0.25) is 0 Å². The lowest BCUT2D eigenvalue weighted by Gasteiger charge is -2.14. The van der Waals surface area contributed by atoms with Crippen molar-refractivity contribution in [2.24, 2.45) is 0 Å². The number of hydrogen-bond acceptors (Lipinski definition) is 5. The van der Waals surface area contributed by atoms with Gasteiger partial charge in [0.05, 0.1) is 24.2 Å². The quantitative estimate of drug-likeness (QED) is 0.634. The summed E-state index contributed by atoms with van der Waals surface area (Å²) in [6, 6.07) is 5.82. The van der Waals surface area contributed by atoms with Crippen molar-refractivity contribution < 1.29 is 19.5 Å². The molecule has 1 aliphatic rings. The Morgan fingerprint density at radius 3 is 2.47 bits per heavy atom. The fourth-order valence-corrected chi connectivity index (χ4v) is 1.68. The summed E-state index contributed by atoms with van der Waals surface area (Å²) in [5.74, 6) is 0. The van der Waals surface area contributed by atoms with Crippen molar-refractivity contribution in [1.82, 2.24) is 0 Å². The second-order valence-electron chi connectivity index (χ2n) is 3.77. The predicted molar refractivity (Wildman–Crippen MR) is 58.4 cm³/mol. The molecule has 1 aliphatic heterocycles. The van der Waals surface area contributed by atoms with Gasteiger partial charge >= 0.3 is 0 Å². The molecule has 1 N–H and O–H groups in total. The summed E-state index contributed by atoms with van der Waals surface area (Å²) in [5.41, 5.74) is 0.629. The number of benzene rings is 1. The third-order valence-corrected chi connectivity index (χ3v) is 2.60. The highest BCUT2D eigenvalue weighted by atomic mass is 16.7. The number of rotatable bonds is 4. The molecule has 0 amide bonds. The van der Waals surface area contributed by atoms with Crippen LogP contribution in [-0.4, -0.2) is 29.5 Å². The smallest absolute Gasteiger partial charge is 0.269 e. The van der Waals surface area contributed by atoms with Crippen LogP contribution in [0.25, 0.3) is 0 Å². The van der Waals surface area contributed by atoms with Gasteiger partial charge in [-0.25, -0.2) is 0 Å². The SMILES string of the molecule is O=[N+]([O-])c1ccc(C(O)CC2OCCO2)cc1. The molecule has 0 saturated carbocycles. The number of nitro benzene ring substituents is 1. The lowest BCUT2D eigenvalue weighted by atomic mass is 10.1. The summed E-state index contributed by atoms with van der Waals surface area (Å²) < 4.78 is 10.4. The maximum absolute atomic E-state index is 10.5. The van der Waals surface area contributed by atoms with Crippen LogP contribution < -0.4 is 0 Å². The molecule has 1 heterocycles. The Hall–Kier alpha value is -1.50. The van der Waals surface area contributed by atoms with E-state index in [2.05, 4.69) is 0 Å². The van der Waals surface area contributed by atoms with E-state index in [0.717, 1.165) is 0 Å². The normalized spacial score (nSPS) is 18.2. The Bertz CT molecular complexity index is 385. The summed E-state index contributed by atoms with van der Waals surface area (Å²) in [7, 11) is 0. The van der Waals surface area contributed by atoms with Gasteiger partial charge in [-0.15, -0.1) is 0 Å². The Kier molecular flexibility index (Phi) is 3.68. The van der Waals surface area contributed by atoms with Crippen LogP contribution in [0.5, 0.6) is 0 Å². The second kappa shape index (κ2) is 5.22. The van der Waals surface area contributed by atoms with Crippen molar-refractivity contribution in [1.29, 1.82) is 0 Å². The third-order valence-electron chi connectivity index (χ3n) is 2.60. The number of nitro groups is 1. The predicted octanol–water partition coefficient (Wildman–Crippen LogP) is 1.39. The topological polar surface area (TPSA) is 81.8 Å². The van der Waals surface area contributed by atoms with Crippen molar-refractivity contribution in [3.8, 4) is 0 Å². The number of nitrogens with zero attached hydrogens (tertiary/aromatic N) is 1. The maximum Gasteiger partial charge on any atom is 0.269 e. The summed E-state index contributed by atoms with van der Waals surface area (Å²) >= 11 is 0.